The molecule has 0 radical (unpaired) electrons. The van der Waals surface area contributed by atoms with Crippen LogP contribution in [0, 0.1) is 5.82 Å². The summed E-state index contributed by atoms with van der Waals surface area (Å²) in [5.41, 5.74) is 8.07. The molecule has 164 valence electrons. The number of halogens is 1. The van der Waals surface area contributed by atoms with Crippen molar-refractivity contribution in [3.63, 3.8) is 0 Å². The molecule has 0 fully saturated rings. The Bertz CT molecular complexity index is 1250. The molecule has 7 nitrogen and oxygen atoms in total. The smallest absolute Gasteiger partial charge is 0.268 e. The molecular weight excluding hydrogens is 411 g/mol. The predicted molar refractivity (Wildman–Crippen MR) is 120 cm³/mol. The molecule has 0 spiro atoms. The Labute approximate surface area is 184 Å². The van der Waals surface area contributed by atoms with Gasteiger partial charge in [-0.25, -0.2) is 4.39 Å². The number of benzene rings is 2. The molecule has 0 bridgehead atoms. The minimum absolute atomic E-state index is 0.0886. The summed E-state index contributed by atoms with van der Waals surface area (Å²) in [7, 11) is 3.85. The van der Waals surface area contributed by atoms with Crippen LogP contribution in [-0.4, -0.2) is 41.9 Å². The molecule has 0 saturated heterocycles. The molecule has 1 aromatic heterocycles. The minimum atomic E-state index is -0.818. The van der Waals surface area contributed by atoms with Crippen LogP contribution in [0.4, 0.5) is 10.1 Å². The molecule has 1 aliphatic heterocycles. The van der Waals surface area contributed by atoms with E-state index in [-0.39, 0.29) is 18.0 Å². The van der Waals surface area contributed by atoms with Crippen LogP contribution in [0.3, 0.4) is 0 Å². The Morgan fingerprint density at radius 3 is 2.28 bits per heavy atom. The molecule has 3 aromatic rings. The minimum Gasteiger partial charge on any atom is -0.378 e. The lowest BCUT2D eigenvalue weighted by Gasteiger charge is -2.30. The second-order valence-electron chi connectivity index (χ2n) is 7.94. The summed E-state index contributed by atoms with van der Waals surface area (Å²) in [5, 5.41) is 0. The highest BCUT2D eigenvalue weighted by Gasteiger charge is 2.28. The first-order valence-electron chi connectivity index (χ1n) is 10.2. The summed E-state index contributed by atoms with van der Waals surface area (Å²) in [5.74, 6) is -1.39. The zero-order valence-electron chi connectivity index (χ0n) is 17.8. The molecule has 0 atom stereocenters. The van der Waals surface area contributed by atoms with Gasteiger partial charge in [0.1, 0.15) is 11.4 Å². The highest BCUT2D eigenvalue weighted by molar-refractivity contribution is 5.96. The van der Waals surface area contributed by atoms with Crippen LogP contribution in [0.25, 0.3) is 5.69 Å². The van der Waals surface area contributed by atoms with Crippen LogP contribution in [0.15, 0.2) is 59.5 Å². The number of nitrogens with two attached hydrogens (primary N) is 1. The van der Waals surface area contributed by atoms with E-state index in [1.165, 1.54) is 28.8 Å². The number of hydrogen-bond acceptors (Lipinski definition) is 4. The topological polar surface area (TPSA) is 88.6 Å². The van der Waals surface area contributed by atoms with E-state index in [4.69, 9.17) is 5.73 Å². The first-order chi connectivity index (χ1) is 15.3. The van der Waals surface area contributed by atoms with E-state index in [2.05, 4.69) is 0 Å². The fourth-order valence-electron chi connectivity index (χ4n) is 3.96. The van der Waals surface area contributed by atoms with Gasteiger partial charge in [0.05, 0.1) is 0 Å². The van der Waals surface area contributed by atoms with Crippen LogP contribution in [0.2, 0.25) is 0 Å². The van der Waals surface area contributed by atoms with E-state index < -0.39 is 17.3 Å². The number of anilines is 1. The van der Waals surface area contributed by atoms with E-state index in [1.54, 1.807) is 23.2 Å². The maximum atomic E-state index is 13.3. The van der Waals surface area contributed by atoms with E-state index in [1.807, 2.05) is 31.1 Å². The monoisotopic (exact) mass is 434 g/mol. The average molecular weight is 434 g/mol. The molecule has 0 saturated carbocycles. The van der Waals surface area contributed by atoms with Crippen LogP contribution in [0.5, 0.6) is 0 Å². The van der Waals surface area contributed by atoms with Crippen molar-refractivity contribution < 1.29 is 14.0 Å². The molecule has 0 unspecified atom stereocenters. The first-order valence-corrected chi connectivity index (χ1v) is 10.2. The Balaban J connectivity index is 1.71. The maximum Gasteiger partial charge on any atom is 0.268 e. The quantitative estimate of drug-likeness (QED) is 0.683. The van der Waals surface area contributed by atoms with Crippen molar-refractivity contribution in [2.75, 3.05) is 25.5 Å². The number of carbonyl (C=O) groups is 2. The van der Waals surface area contributed by atoms with Crippen molar-refractivity contribution >= 4 is 17.5 Å². The summed E-state index contributed by atoms with van der Waals surface area (Å²) >= 11 is 0. The van der Waals surface area contributed by atoms with Crippen molar-refractivity contribution in [2.24, 2.45) is 5.73 Å². The SMILES string of the molecule is CN(C)c1ccc(C(=O)N2CCc3c(cn(-c4ccc(F)cc4)c(=O)c3C(N)=O)C2)cc1. The summed E-state index contributed by atoms with van der Waals surface area (Å²) in [4.78, 5) is 41.8. The van der Waals surface area contributed by atoms with E-state index in [0.29, 0.717) is 35.3 Å². The number of hydrogen-bond donors (Lipinski definition) is 1. The normalized spacial score (nSPS) is 12.9. The van der Waals surface area contributed by atoms with E-state index in [0.717, 1.165) is 5.69 Å². The van der Waals surface area contributed by atoms with Gasteiger partial charge in [0.2, 0.25) is 0 Å². The summed E-state index contributed by atoms with van der Waals surface area (Å²) < 4.78 is 14.6. The largest absolute Gasteiger partial charge is 0.378 e. The molecule has 2 N–H and O–H groups in total. The second kappa shape index (κ2) is 8.30. The van der Waals surface area contributed by atoms with Crippen molar-refractivity contribution in [3.8, 4) is 5.69 Å². The molecule has 2 heterocycles. The Morgan fingerprint density at radius 1 is 1.03 bits per heavy atom. The first kappa shape index (κ1) is 21.3. The van der Waals surface area contributed by atoms with Gasteiger partial charge in [-0.05, 0) is 66.1 Å². The van der Waals surface area contributed by atoms with Crippen molar-refractivity contribution in [2.45, 2.75) is 13.0 Å². The Hall–Kier alpha value is -3.94. The van der Waals surface area contributed by atoms with Gasteiger partial charge < -0.3 is 15.5 Å². The van der Waals surface area contributed by atoms with E-state index >= 15 is 0 Å². The Kier molecular flexibility index (Phi) is 5.52. The fourth-order valence-corrected chi connectivity index (χ4v) is 3.96. The van der Waals surface area contributed by atoms with Crippen LogP contribution >= 0.6 is 0 Å². The van der Waals surface area contributed by atoms with Gasteiger partial charge >= 0.3 is 0 Å². The van der Waals surface area contributed by atoms with Gasteiger partial charge in [0.15, 0.2) is 0 Å². The van der Waals surface area contributed by atoms with Gasteiger partial charge in [-0.3, -0.25) is 19.0 Å². The molecule has 32 heavy (non-hydrogen) atoms. The van der Waals surface area contributed by atoms with Crippen LogP contribution in [-0.2, 0) is 13.0 Å². The van der Waals surface area contributed by atoms with Crippen LogP contribution in [0.1, 0.15) is 31.8 Å². The highest BCUT2D eigenvalue weighted by Crippen LogP contribution is 2.24. The maximum absolute atomic E-state index is 13.3. The lowest BCUT2D eigenvalue weighted by atomic mass is 9.95. The number of nitrogens with zero attached hydrogens (tertiary/aromatic N) is 3. The third kappa shape index (κ3) is 3.87. The van der Waals surface area contributed by atoms with Crippen molar-refractivity contribution in [1.29, 1.82) is 0 Å². The fraction of sp³-hybridized carbons (Fsp3) is 0.208. The van der Waals surface area contributed by atoms with Gasteiger partial charge in [-0.2, -0.15) is 0 Å². The number of carbonyl (C=O) groups excluding carboxylic acids is 2. The summed E-state index contributed by atoms with van der Waals surface area (Å²) in [6, 6.07) is 12.7. The van der Waals surface area contributed by atoms with Gasteiger partial charge in [-0.1, -0.05) is 0 Å². The molecule has 4 rings (SSSR count). The van der Waals surface area contributed by atoms with E-state index in [9.17, 15) is 18.8 Å². The Morgan fingerprint density at radius 2 is 1.69 bits per heavy atom. The summed E-state index contributed by atoms with van der Waals surface area (Å²) in [6.45, 7) is 0.590. The molecular formula is C24H23FN4O3. The highest BCUT2D eigenvalue weighted by atomic mass is 19.1. The number of fused-ring (bicyclic) bond motifs is 1. The van der Waals surface area contributed by atoms with Gasteiger partial charge in [0, 0.05) is 50.3 Å². The van der Waals surface area contributed by atoms with Gasteiger partial charge in [-0.15, -0.1) is 0 Å². The molecule has 0 aliphatic carbocycles. The zero-order chi connectivity index (χ0) is 23.0. The molecule has 1 aliphatic rings. The number of pyridine rings is 1. The summed E-state index contributed by atoms with van der Waals surface area (Å²) in [6.07, 6.45) is 1.94. The molecule has 8 heteroatoms. The van der Waals surface area contributed by atoms with Crippen molar-refractivity contribution in [1.82, 2.24) is 9.47 Å². The predicted octanol–water partition coefficient (Wildman–Crippen LogP) is 2.34. The number of rotatable bonds is 4. The van der Waals surface area contributed by atoms with Crippen molar-refractivity contribution in [3.05, 3.63) is 93.2 Å². The van der Waals surface area contributed by atoms with Crippen LogP contribution < -0.4 is 16.2 Å². The third-order valence-corrected chi connectivity index (χ3v) is 5.67. The lowest BCUT2D eigenvalue weighted by molar-refractivity contribution is 0.0734. The van der Waals surface area contributed by atoms with Gasteiger partial charge in [0.25, 0.3) is 17.4 Å². The number of primary amides is 1. The average Bonchev–Trinajstić information content (AvgIpc) is 2.78. The number of aromatic nitrogens is 1. The second-order valence-corrected chi connectivity index (χ2v) is 7.94. The molecule has 2 aromatic carbocycles. The standard InChI is InChI=1S/C24H23FN4O3/c1-27(2)18-7-3-15(4-8-18)23(31)28-12-11-20-16(13-28)14-29(24(32)21(20)22(26)30)19-9-5-17(25)6-10-19/h3-10,14H,11-13H2,1-2H3,(H2,26,30). The zero-order valence-corrected chi connectivity index (χ0v) is 17.8. The lowest BCUT2D eigenvalue weighted by Crippen LogP contribution is -2.40. The third-order valence-electron chi connectivity index (χ3n) is 5.67. The molecule has 2 amide bonds. The number of amides is 2.